The second-order valence-electron chi connectivity index (χ2n) is 5.09. The van der Waals surface area contributed by atoms with Gasteiger partial charge in [0.15, 0.2) is 0 Å². The van der Waals surface area contributed by atoms with Crippen molar-refractivity contribution in [1.82, 2.24) is 5.32 Å². The van der Waals surface area contributed by atoms with Crippen molar-refractivity contribution in [1.29, 1.82) is 0 Å². The van der Waals surface area contributed by atoms with Gasteiger partial charge in [-0.1, -0.05) is 42.5 Å². The average molecular weight is 237 g/mol. The zero-order valence-electron chi connectivity index (χ0n) is 10.1. The lowest BCUT2D eigenvalue weighted by atomic mass is 9.76. The standard InChI is InChI=1S/C16H15NO/c18-16-12-6-2-1-5-11(12)15-14-10(8-9-17-15)4-3-7-13(14)16/h1-7,15-18H,8-9H2. The van der Waals surface area contributed by atoms with Crippen molar-refractivity contribution >= 4 is 0 Å². The molecule has 2 heteroatoms. The minimum Gasteiger partial charge on any atom is -0.384 e. The first-order valence-corrected chi connectivity index (χ1v) is 6.48. The Labute approximate surface area is 106 Å². The predicted octanol–water partition coefficient (Wildman–Crippen LogP) is 2.32. The van der Waals surface area contributed by atoms with E-state index in [2.05, 4.69) is 35.6 Å². The summed E-state index contributed by atoms with van der Waals surface area (Å²) in [5, 5.41) is 14.1. The quantitative estimate of drug-likeness (QED) is 0.737. The summed E-state index contributed by atoms with van der Waals surface area (Å²) in [6, 6.07) is 14.8. The fourth-order valence-electron chi connectivity index (χ4n) is 3.35. The highest BCUT2D eigenvalue weighted by atomic mass is 16.3. The van der Waals surface area contributed by atoms with Crippen molar-refractivity contribution in [2.45, 2.75) is 18.6 Å². The summed E-state index contributed by atoms with van der Waals surface area (Å²) < 4.78 is 0. The molecule has 18 heavy (non-hydrogen) atoms. The summed E-state index contributed by atoms with van der Waals surface area (Å²) >= 11 is 0. The maximum absolute atomic E-state index is 10.5. The largest absolute Gasteiger partial charge is 0.384 e. The average Bonchev–Trinajstić information content (AvgIpc) is 2.44. The molecule has 2 nitrogen and oxygen atoms in total. The highest BCUT2D eigenvalue weighted by Crippen LogP contribution is 2.43. The second kappa shape index (κ2) is 3.67. The van der Waals surface area contributed by atoms with Crippen LogP contribution in [0.25, 0.3) is 0 Å². The van der Waals surface area contributed by atoms with Gasteiger partial charge in [-0.15, -0.1) is 0 Å². The van der Waals surface area contributed by atoms with Crippen LogP contribution in [0.4, 0.5) is 0 Å². The topological polar surface area (TPSA) is 32.3 Å². The van der Waals surface area contributed by atoms with Crippen molar-refractivity contribution in [3.63, 3.8) is 0 Å². The molecular formula is C16H15NO. The van der Waals surface area contributed by atoms with E-state index in [1.165, 1.54) is 16.7 Å². The first-order chi connectivity index (χ1) is 8.86. The lowest BCUT2D eigenvalue weighted by molar-refractivity contribution is 0.211. The highest BCUT2D eigenvalue weighted by Gasteiger charge is 2.33. The number of benzene rings is 2. The van der Waals surface area contributed by atoms with Gasteiger partial charge in [0.25, 0.3) is 0 Å². The lowest BCUT2D eigenvalue weighted by Crippen LogP contribution is -2.35. The van der Waals surface area contributed by atoms with Gasteiger partial charge in [-0.3, -0.25) is 0 Å². The molecule has 1 heterocycles. The Morgan fingerprint density at radius 1 is 0.944 bits per heavy atom. The third-order valence-electron chi connectivity index (χ3n) is 4.16. The zero-order chi connectivity index (χ0) is 12.1. The summed E-state index contributed by atoms with van der Waals surface area (Å²) in [5.41, 5.74) is 6.02. The van der Waals surface area contributed by atoms with E-state index < -0.39 is 6.10 Å². The maximum atomic E-state index is 10.5. The van der Waals surface area contributed by atoms with Gasteiger partial charge in [-0.05, 0) is 34.2 Å². The van der Waals surface area contributed by atoms with Gasteiger partial charge >= 0.3 is 0 Å². The third-order valence-corrected chi connectivity index (χ3v) is 4.16. The lowest BCUT2D eigenvalue weighted by Gasteiger charge is -2.36. The van der Waals surface area contributed by atoms with Crippen molar-refractivity contribution in [3.8, 4) is 0 Å². The van der Waals surface area contributed by atoms with E-state index in [0.717, 1.165) is 24.1 Å². The van der Waals surface area contributed by atoms with Crippen LogP contribution in [0, 0.1) is 0 Å². The molecule has 2 atom stereocenters. The molecule has 0 fully saturated rings. The van der Waals surface area contributed by atoms with Gasteiger partial charge < -0.3 is 10.4 Å². The Morgan fingerprint density at radius 3 is 2.61 bits per heavy atom. The summed E-state index contributed by atoms with van der Waals surface area (Å²) in [7, 11) is 0. The van der Waals surface area contributed by atoms with Crippen LogP contribution in [-0.4, -0.2) is 11.7 Å². The first kappa shape index (κ1) is 10.3. The van der Waals surface area contributed by atoms with E-state index in [9.17, 15) is 5.11 Å². The molecule has 2 aromatic carbocycles. The van der Waals surface area contributed by atoms with E-state index in [0.29, 0.717) is 0 Å². The van der Waals surface area contributed by atoms with Crippen LogP contribution < -0.4 is 5.32 Å². The first-order valence-electron chi connectivity index (χ1n) is 6.48. The van der Waals surface area contributed by atoms with Gasteiger partial charge in [0.1, 0.15) is 6.10 Å². The van der Waals surface area contributed by atoms with Crippen LogP contribution >= 0.6 is 0 Å². The summed E-state index contributed by atoms with van der Waals surface area (Å²) in [4.78, 5) is 0. The van der Waals surface area contributed by atoms with Crippen LogP contribution in [0.1, 0.15) is 40.0 Å². The third kappa shape index (κ3) is 1.25. The number of aliphatic hydroxyl groups is 1. The normalized spacial score (nSPS) is 24.3. The molecule has 0 bridgehead atoms. The number of rotatable bonds is 0. The molecule has 0 radical (unpaired) electrons. The molecule has 2 aromatic rings. The minimum absolute atomic E-state index is 0.254. The Balaban J connectivity index is 2.03. The molecule has 90 valence electrons. The SMILES string of the molecule is OC1c2ccccc2C2NCCc3cccc1c32. The Kier molecular flexibility index (Phi) is 2.10. The Bertz CT molecular complexity index is 620. The van der Waals surface area contributed by atoms with Gasteiger partial charge in [0.2, 0.25) is 0 Å². The molecule has 0 saturated heterocycles. The summed E-state index contributed by atoms with van der Waals surface area (Å²) in [5.74, 6) is 0. The molecule has 0 amide bonds. The molecule has 1 aliphatic heterocycles. The molecule has 2 unspecified atom stereocenters. The van der Waals surface area contributed by atoms with Crippen LogP contribution in [0.15, 0.2) is 42.5 Å². The van der Waals surface area contributed by atoms with E-state index in [4.69, 9.17) is 0 Å². The fourth-order valence-corrected chi connectivity index (χ4v) is 3.35. The highest BCUT2D eigenvalue weighted by molar-refractivity contribution is 5.54. The van der Waals surface area contributed by atoms with Gasteiger partial charge in [-0.25, -0.2) is 0 Å². The number of hydrogen-bond acceptors (Lipinski definition) is 2. The van der Waals surface area contributed by atoms with Gasteiger partial charge in [-0.2, -0.15) is 0 Å². The summed E-state index contributed by atoms with van der Waals surface area (Å²) in [6.45, 7) is 1.01. The van der Waals surface area contributed by atoms with E-state index in [-0.39, 0.29) is 6.04 Å². The Hall–Kier alpha value is -1.64. The number of nitrogens with one attached hydrogen (secondary N) is 1. The van der Waals surface area contributed by atoms with Crippen molar-refractivity contribution in [2.75, 3.05) is 6.54 Å². The zero-order valence-corrected chi connectivity index (χ0v) is 10.1. The molecule has 1 aliphatic carbocycles. The van der Waals surface area contributed by atoms with Crippen LogP contribution in [0.5, 0.6) is 0 Å². The molecular weight excluding hydrogens is 222 g/mol. The van der Waals surface area contributed by atoms with Crippen molar-refractivity contribution in [2.24, 2.45) is 0 Å². The van der Waals surface area contributed by atoms with Gasteiger partial charge in [0, 0.05) is 6.54 Å². The second-order valence-corrected chi connectivity index (χ2v) is 5.09. The molecule has 2 aliphatic rings. The minimum atomic E-state index is -0.479. The molecule has 2 N–H and O–H groups in total. The van der Waals surface area contributed by atoms with E-state index >= 15 is 0 Å². The molecule has 0 saturated carbocycles. The van der Waals surface area contributed by atoms with Crippen molar-refractivity contribution < 1.29 is 5.11 Å². The van der Waals surface area contributed by atoms with Crippen LogP contribution in [0.3, 0.4) is 0 Å². The van der Waals surface area contributed by atoms with Crippen LogP contribution in [0.2, 0.25) is 0 Å². The number of hydrogen-bond donors (Lipinski definition) is 2. The smallest absolute Gasteiger partial charge is 0.105 e. The van der Waals surface area contributed by atoms with Crippen LogP contribution in [-0.2, 0) is 6.42 Å². The monoisotopic (exact) mass is 237 g/mol. The van der Waals surface area contributed by atoms with E-state index in [1.54, 1.807) is 0 Å². The van der Waals surface area contributed by atoms with Gasteiger partial charge in [0.05, 0.1) is 6.04 Å². The molecule has 4 rings (SSSR count). The fraction of sp³-hybridized carbons (Fsp3) is 0.250. The predicted molar refractivity (Wildman–Crippen MR) is 70.5 cm³/mol. The summed E-state index contributed by atoms with van der Waals surface area (Å²) in [6.07, 6.45) is 0.571. The number of aliphatic hydroxyl groups excluding tert-OH is 1. The van der Waals surface area contributed by atoms with Crippen molar-refractivity contribution in [3.05, 3.63) is 70.3 Å². The Morgan fingerprint density at radius 2 is 1.72 bits per heavy atom. The molecule has 0 aromatic heterocycles. The van der Waals surface area contributed by atoms with E-state index in [1.807, 2.05) is 12.1 Å². The maximum Gasteiger partial charge on any atom is 0.105 e. The molecule has 0 spiro atoms. The number of fused-ring (bicyclic) bond motifs is 2.